The SMILES string of the molecule is COCc1ccc(C2COCCN2C(=O)Cc2ccccc2O)o1. The standard InChI is InChI=1S/C18H21NO5/c1-22-11-14-6-7-17(24-14)15-12-23-9-8-19(15)18(21)10-13-4-2-3-5-16(13)20/h2-7,15,20H,8-12H2,1H3. The van der Waals surface area contributed by atoms with E-state index in [2.05, 4.69) is 0 Å². The molecule has 24 heavy (non-hydrogen) atoms. The molecule has 1 aromatic heterocycles. The Bertz CT molecular complexity index is 696. The highest BCUT2D eigenvalue weighted by Gasteiger charge is 2.31. The summed E-state index contributed by atoms with van der Waals surface area (Å²) in [5, 5.41) is 9.88. The van der Waals surface area contributed by atoms with Crippen LogP contribution in [0.4, 0.5) is 0 Å². The Balaban J connectivity index is 1.76. The van der Waals surface area contributed by atoms with Gasteiger partial charge in [0, 0.05) is 19.2 Å². The van der Waals surface area contributed by atoms with Crippen molar-refractivity contribution in [2.45, 2.75) is 19.1 Å². The summed E-state index contributed by atoms with van der Waals surface area (Å²) < 4.78 is 16.4. The molecule has 1 fully saturated rings. The van der Waals surface area contributed by atoms with Gasteiger partial charge in [0.1, 0.15) is 29.9 Å². The highest BCUT2D eigenvalue weighted by atomic mass is 16.5. The molecule has 1 atom stereocenters. The van der Waals surface area contributed by atoms with E-state index in [9.17, 15) is 9.90 Å². The van der Waals surface area contributed by atoms with E-state index in [0.717, 1.165) is 0 Å². The Labute approximate surface area is 140 Å². The quantitative estimate of drug-likeness (QED) is 0.910. The number of carbonyl (C=O) groups excluding carboxylic acids is 1. The maximum atomic E-state index is 12.7. The number of benzene rings is 1. The number of carbonyl (C=O) groups is 1. The summed E-state index contributed by atoms with van der Waals surface area (Å²) in [7, 11) is 1.61. The summed E-state index contributed by atoms with van der Waals surface area (Å²) in [6, 6.07) is 10.3. The monoisotopic (exact) mass is 331 g/mol. The lowest BCUT2D eigenvalue weighted by Gasteiger charge is -2.34. The summed E-state index contributed by atoms with van der Waals surface area (Å²) in [4.78, 5) is 14.5. The number of hydrogen-bond donors (Lipinski definition) is 1. The largest absolute Gasteiger partial charge is 0.508 e. The Morgan fingerprint density at radius 3 is 2.96 bits per heavy atom. The van der Waals surface area contributed by atoms with Crippen molar-refractivity contribution in [2.75, 3.05) is 26.9 Å². The van der Waals surface area contributed by atoms with E-state index in [1.807, 2.05) is 18.2 Å². The van der Waals surface area contributed by atoms with Crippen LogP contribution in [0, 0.1) is 0 Å². The average Bonchev–Trinajstić information content (AvgIpc) is 3.06. The molecule has 1 amide bonds. The van der Waals surface area contributed by atoms with Gasteiger partial charge >= 0.3 is 0 Å². The van der Waals surface area contributed by atoms with E-state index in [0.29, 0.717) is 43.4 Å². The van der Waals surface area contributed by atoms with Gasteiger partial charge in [-0.1, -0.05) is 18.2 Å². The number of para-hydroxylation sites is 1. The lowest BCUT2D eigenvalue weighted by Crippen LogP contribution is -2.44. The summed E-state index contributed by atoms with van der Waals surface area (Å²) in [6.07, 6.45) is 0.148. The smallest absolute Gasteiger partial charge is 0.227 e. The van der Waals surface area contributed by atoms with Gasteiger partial charge in [-0.2, -0.15) is 0 Å². The molecule has 2 heterocycles. The minimum absolute atomic E-state index is 0.0607. The number of furan rings is 1. The van der Waals surface area contributed by atoms with Gasteiger partial charge in [-0.25, -0.2) is 0 Å². The molecule has 1 aliphatic rings. The zero-order valence-corrected chi connectivity index (χ0v) is 13.6. The molecular formula is C18H21NO5. The van der Waals surface area contributed by atoms with E-state index in [1.54, 1.807) is 30.2 Å². The summed E-state index contributed by atoms with van der Waals surface area (Å²) in [5.41, 5.74) is 0.618. The molecular weight excluding hydrogens is 310 g/mol. The van der Waals surface area contributed by atoms with E-state index in [-0.39, 0.29) is 24.1 Å². The molecule has 1 saturated heterocycles. The molecule has 1 aromatic carbocycles. The number of morpholine rings is 1. The van der Waals surface area contributed by atoms with E-state index >= 15 is 0 Å². The van der Waals surface area contributed by atoms with Gasteiger partial charge in [-0.15, -0.1) is 0 Å². The minimum atomic E-state index is -0.261. The molecule has 6 nitrogen and oxygen atoms in total. The minimum Gasteiger partial charge on any atom is -0.508 e. The summed E-state index contributed by atoms with van der Waals surface area (Å²) in [6.45, 7) is 1.78. The average molecular weight is 331 g/mol. The molecule has 6 heteroatoms. The van der Waals surface area contributed by atoms with Crippen molar-refractivity contribution in [1.29, 1.82) is 0 Å². The third-order valence-electron chi connectivity index (χ3n) is 4.08. The Kier molecular flexibility index (Phi) is 5.17. The van der Waals surface area contributed by atoms with Gasteiger partial charge in [0.05, 0.1) is 19.6 Å². The summed E-state index contributed by atoms with van der Waals surface area (Å²) >= 11 is 0. The second-order valence-corrected chi connectivity index (χ2v) is 5.72. The maximum absolute atomic E-state index is 12.7. The fourth-order valence-corrected chi connectivity index (χ4v) is 2.86. The van der Waals surface area contributed by atoms with Crippen molar-refractivity contribution in [3.05, 3.63) is 53.5 Å². The second kappa shape index (κ2) is 7.51. The molecule has 0 radical (unpaired) electrons. The number of aromatic hydroxyl groups is 1. The van der Waals surface area contributed by atoms with Crippen LogP contribution in [0.2, 0.25) is 0 Å². The number of ether oxygens (including phenoxy) is 2. The maximum Gasteiger partial charge on any atom is 0.227 e. The van der Waals surface area contributed by atoms with E-state index in [1.165, 1.54) is 0 Å². The molecule has 0 aliphatic carbocycles. The normalized spacial score (nSPS) is 17.9. The van der Waals surface area contributed by atoms with Gasteiger partial charge in [-0.05, 0) is 18.2 Å². The first-order chi connectivity index (χ1) is 11.7. The van der Waals surface area contributed by atoms with Crippen LogP contribution < -0.4 is 0 Å². The van der Waals surface area contributed by atoms with Crippen molar-refractivity contribution < 1.29 is 23.8 Å². The molecule has 0 spiro atoms. The molecule has 1 N–H and O–H groups in total. The fourth-order valence-electron chi connectivity index (χ4n) is 2.86. The number of nitrogens with zero attached hydrogens (tertiary/aromatic N) is 1. The Morgan fingerprint density at radius 1 is 1.33 bits per heavy atom. The number of phenols is 1. The van der Waals surface area contributed by atoms with Crippen LogP contribution in [0.15, 0.2) is 40.8 Å². The fraction of sp³-hybridized carbons (Fsp3) is 0.389. The van der Waals surface area contributed by atoms with Crippen molar-refractivity contribution in [2.24, 2.45) is 0 Å². The topological polar surface area (TPSA) is 72.1 Å². The number of phenolic OH excluding ortho intramolecular Hbond substituents is 1. The first-order valence-electron chi connectivity index (χ1n) is 7.90. The number of amides is 1. The Morgan fingerprint density at radius 2 is 2.17 bits per heavy atom. The summed E-state index contributed by atoms with van der Waals surface area (Å²) in [5.74, 6) is 1.48. The van der Waals surface area contributed by atoms with Crippen molar-refractivity contribution in [3.8, 4) is 5.75 Å². The van der Waals surface area contributed by atoms with Gasteiger partial charge in [0.25, 0.3) is 0 Å². The van der Waals surface area contributed by atoms with Crippen LogP contribution in [0.3, 0.4) is 0 Å². The number of hydrogen-bond acceptors (Lipinski definition) is 5. The predicted octanol–water partition coefficient (Wildman–Crippen LogP) is 2.27. The van der Waals surface area contributed by atoms with Gasteiger partial charge < -0.3 is 23.9 Å². The molecule has 1 aliphatic heterocycles. The van der Waals surface area contributed by atoms with Crippen LogP contribution in [-0.4, -0.2) is 42.8 Å². The van der Waals surface area contributed by atoms with Gasteiger partial charge in [0.2, 0.25) is 5.91 Å². The first-order valence-corrected chi connectivity index (χ1v) is 7.90. The number of methoxy groups -OCH3 is 1. The highest BCUT2D eigenvalue weighted by Crippen LogP contribution is 2.28. The molecule has 128 valence electrons. The lowest BCUT2D eigenvalue weighted by atomic mass is 10.1. The molecule has 3 rings (SSSR count). The zero-order valence-electron chi connectivity index (χ0n) is 13.6. The van der Waals surface area contributed by atoms with E-state index < -0.39 is 0 Å². The molecule has 1 unspecified atom stereocenters. The molecule has 2 aromatic rings. The Hall–Kier alpha value is -2.31. The van der Waals surface area contributed by atoms with Crippen LogP contribution >= 0.6 is 0 Å². The van der Waals surface area contributed by atoms with Crippen LogP contribution in [0.1, 0.15) is 23.1 Å². The zero-order chi connectivity index (χ0) is 16.9. The van der Waals surface area contributed by atoms with Gasteiger partial charge in [0.15, 0.2) is 0 Å². The van der Waals surface area contributed by atoms with Crippen molar-refractivity contribution in [1.82, 2.24) is 4.90 Å². The van der Waals surface area contributed by atoms with Crippen molar-refractivity contribution >= 4 is 5.91 Å². The van der Waals surface area contributed by atoms with Crippen LogP contribution in [0.25, 0.3) is 0 Å². The molecule has 0 bridgehead atoms. The van der Waals surface area contributed by atoms with Crippen LogP contribution in [-0.2, 0) is 27.3 Å². The van der Waals surface area contributed by atoms with Crippen molar-refractivity contribution in [3.63, 3.8) is 0 Å². The van der Waals surface area contributed by atoms with E-state index in [4.69, 9.17) is 13.9 Å². The third kappa shape index (κ3) is 3.60. The molecule has 0 saturated carbocycles. The predicted molar refractivity (Wildman–Crippen MR) is 86.5 cm³/mol. The highest BCUT2D eigenvalue weighted by molar-refractivity contribution is 5.80. The third-order valence-corrected chi connectivity index (χ3v) is 4.08. The van der Waals surface area contributed by atoms with Crippen LogP contribution in [0.5, 0.6) is 5.75 Å². The number of rotatable bonds is 5. The lowest BCUT2D eigenvalue weighted by molar-refractivity contribution is -0.140. The van der Waals surface area contributed by atoms with Gasteiger partial charge in [-0.3, -0.25) is 4.79 Å². The first kappa shape index (κ1) is 16.5. The second-order valence-electron chi connectivity index (χ2n) is 5.72.